The van der Waals surface area contributed by atoms with Crippen LogP contribution in [0, 0.1) is 5.92 Å². The van der Waals surface area contributed by atoms with Gasteiger partial charge in [0.25, 0.3) is 0 Å². The van der Waals surface area contributed by atoms with Crippen LogP contribution in [0.3, 0.4) is 0 Å². The molecule has 2 aromatic rings. The maximum Gasteiger partial charge on any atom is 0.196 e. The van der Waals surface area contributed by atoms with Gasteiger partial charge in [0.2, 0.25) is 0 Å². The number of benzene rings is 1. The second kappa shape index (κ2) is 7.25. The number of hydrogen-bond donors (Lipinski definition) is 1. The van der Waals surface area contributed by atoms with Gasteiger partial charge in [0, 0.05) is 28.0 Å². The van der Waals surface area contributed by atoms with E-state index in [1.54, 1.807) is 6.20 Å². The summed E-state index contributed by atoms with van der Waals surface area (Å²) in [5.74, 6) is 2.12. The molecular weight excluding hydrogens is 340 g/mol. The van der Waals surface area contributed by atoms with Crippen LogP contribution in [-0.2, 0) is 6.42 Å². The Balaban J connectivity index is 2.00. The fourth-order valence-electron chi connectivity index (χ4n) is 1.82. The van der Waals surface area contributed by atoms with Gasteiger partial charge in [-0.15, -0.1) is 0 Å². The topological polar surface area (TPSA) is 38.1 Å². The lowest BCUT2D eigenvalue weighted by Gasteiger charge is -2.05. The molecule has 1 N–H and O–H groups in total. The molecule has 0 radical (unpaired) electrons. The zero-order valence-electron chi connectivity index (χ0n) is 11.6. The third-order valence-electron chi connectivity index (χ3n) is 2.82. The molecule has 1 aromatic carbocycles. The van der Waals surface area contributed by atoms with Crippen molar-refractivity contribution in [2.45, 2.75) is 20.3 Å². The summed E-state index contributed by atoms with van der Waals surface area (Å²) >= 11 is 9.51. The van der Waals surface area contributed by atoms with Crippen molar-refractivity contribution in [3.8, 4) is 11.3 Å². The molecule has 0 fully saturated rings. The smallest absolute Gasteiger partial charge is 0.196 e. The number of nitrogens with one attached hydrogen (secondary N) is 1. The zero-order valence-corrected chi connectivity index (χ0v) is 14.0. The fraction of sp³-hybridized carbons (Fsp3) is 0.400. The van der Waals surface area contributed by atoms with E-state index in [4.69, 9.17) is 16.0 Å². The molecule has 108 valence electrons. The fourth-order valence-corrected chi connectivity index (χ4v) is 2.44. The van der Waals surface area contributed by atoms with Crippen molar-refractivity contribution in [1.82, 2.24) is 10.3 Å². The van der Waals surface area contributed by atoms with Crippen LogP contribution >= 0.6 is 27.5 Å². The summed E-state index contributed by atoms with van der Waals surface area (Å²) < 4.78 is 6.72. The molecule has 0 amide bonds. The number of halogens is 2. The van der Waals surface area contributed by atoms with Crippen molar-refractivity contribution >= 4 is 27.5 Å². The van der Waals surface area contributed by atoms with Crippen LogP contribution in [0.15, 0.2) is 33.3 Å². The normalized spacial score (nSPS) is 11.2. The number of nitrogens with zero attached hydrogens (tertiary/aromatic N) is 1. The highest BCUT2D eigenvalue weighted by Crippen LogP contribution is 2.31. The third-order valence-corrected chi connectivity index (χ3v) is 3.74. The molecule has 5 heteroatoms. The highest BCUT2D eigenvalue weighted by Gasteiger charge is 2.10. The van der Waals surface area contributed by atoms with E-state index in [0.29, 0.717) is 10.9 Å². The van der Waals surface area contributed by atoms with Gasteiger partial charge >= 0.3 is 0 Å². The SMILES string of the molecule is CC(C)CNCCc1ncc(-c2cc(Cl)ccc2Br)o1. The minimum absolute atomic E-state index is 0.650. The molecule has 0 aliphatic heterocycles. The molecule has 1 heterocycles. The van der Waals surface area contributed by atoms with Gasteiger partial charge in [0.1, 0.15) is 0 Å². The predicted octanol–water partition coefficient (Wildman–Crippen LogP) is 4.55. The molecule has 2 rings (SSSR count). The molecule has 0 bridgehead atoms. The summed E-state index contributed by atoms with van der Waals surface area (Å²) in [6.07, 6.45) is 2.53. The Labute approximate surface area is 132 Å². The monoisotopic (exact) mass is 356 g/mol. The molecule has 0 spiro atoms. The molecule has 20 heavy (non-hydrogen) atoms. The summed E-state index contributed by atoms with van der Waals surface area (Å²) in [5.41, 5.74) is 0.923. The van der Waals surface area contributed by atoms with E-state index in [9.17, 15) is 0 Å². The summed E-state index contributed by atoms with van der Waals surface area (Å²) in [6, 6.07) is 5.61. The summed E-state index contributed by atoms with van der Waals surface area (Å²) in [4.78, 5) is 4.31. The number of oxazole rings is 1. The number of hydrogen-bond acceptors (Lipinski definition) is 3. The summed E-state index contributed by atoms with van der Waals surface area (Å²) in [7, 11) is 0. The predicted molar refractivity (Wildman–Crippen MR) is 86.1 cm³/mol. The zero-order chi connectivity index (χ0) is 14.5. The quantitative estimate of drug-likeness (QED) is 0.771. The van der Waals surface area contributed by atoms with Gasteiger partial charge in [-0.05, 0) is 30.7 Å². The van der Waals surface area contributed by atoms with Gasteiger partial charge in [-0.25, -0.2) is 4.98 Å². The average Bonchev–Trinajstić information content (AvgIpc) is 2.86. The Morgan fingerprint density at radius 1 is 1.40 bits per heavy atom. The molecular formula is C15H18BrClN2O. The van der Waals surface area contributed by atoms with Gasteiger partial charge in [-0.3, -0.25) is 0 Å². The van der Waals surface area contributed by atoms with Crippen LogP contribution in [-0.4, -0.2) is 18.1 Å². The van der Waals surface area contributed by atoms with E-state index < -0.39 is 0 Å². The van der Waals surface area contributed by atoms with Crippen LogP contribution in [0.25, 0.3) is 11.3 Å². The van der Waals surface area contributed by atoms with E-state index in [-0.39, 0.29) is 0 Å². The highest BCUT2D eigenvalue weighted by molar-refractivity contribution is 9.10. The molecule has 0 unspecified atom stereocenters. The maximum absolute atomic E-state index is 6.01. The summed E-state index contributed by atoms with van der Waals surface area (Å²) in [5, 5.41) is 4.05. The number of rotatable bonds is 6. The lowest BCUT2D eigenvalue weighted by molar-refractivity contribution is 0.483. The second-order valence-corrected chi connectivity index (χ2v) is 6.38. The lowest BCUT2D eigenvalue weighted by atomic mass is 10.2. The van der Waals surface area contributed by atoms with Crippen LogP contribution in [0.2, 0.25) is 5.02 Å². The molecule has 1 aromatic heterocycles. The molecule has 0 atom stereocenters. The van der Waals surface area contributed by atoms with E-state index in [1.165, 1.54) is 0 Å². The first kappa shape index (κ1) is 15.5. The van der Waals surface area contributed by atoms with Crippen molar-refractivity contribution in [3.63, 3.8) is 0 Å². The Kier molecular flexibility index (Phi) is 5.64. The van der Waals surface area contributed by atoms with E-state index in [0.717, 1.165) is 41.2 Å². The average molecular weight is 358 g/mol. The molecule has 0 saturated carbocycles. The maximum atomic E-state index is 6.01. The second-order valence-electron chi connectivity index (χ2n) is 5.09. The van der Waals surface area contributed by atoms with E-state index in [2.05, 4.69) is 40.1 Å². The third kappa shape index (κ3) is 4.33. The van der Waals surface area contributed by atoms with Crippen LogP contribution in [0.5, 0.6) is 0 Å². The Hall–Kier alpha value is -0.840. The minimum Gasteiger partial charge on any atom is -0.441 e. The van der Waals surface area contributed by atoms with E-state index in [1.807, 2.05) is 18.2 Å². The van der Waals surface area contributed by atoms with Crippen molar-refractivity contribution < 1.29 is 4.42 Å². The highest BCUT2D eigenvalue weighted by atomic mass is 79.9. The molecule has 3 nitrogen and oxygen atoms in total. The van der Waals surface area contributed by atoms with Crippen LogP contribution in [0.1, 0.15) is 19.7 Å². The summed E-state index contributed by atoms with van der Waals surface area (Å²) in [6.45, 7) is 6.25. The van der Waals surface area contributed by atoms with E-state index >= 15 is 0 Å². The minimum atomic E-state index is 0.650. The Bertz CT molecular complexity index is 569. The standard InChI is InChI=1S/C15H18BrClN2O/c1-10(2)8-18-6-5-15-19-9-14(20-15)12-7-11(17)3-4-13(12)16/h3-4,7,9-10,18H,5-6,8H2,1-2H3. The van der Waals surface area contributed by atoms with Gasteiger partial charge in [-0.2, -0.15) is 0 Å². The lowest BCUT2D eigenvalue weighted by Crippen LogP contribution is -2.22. The van der Waals surface area contributed by atoms with Crippen molar-refractivity contribution in [2.75, 3.05) is 13.1 Å². The van der Waals surface area contributed by atoms with Crippen molar-refractivity contribution in [2.24, 2.45) is 5.92 Å². The van der Waals surface area contributed by atoms with Crippen molar-refractivity contribution in [1.29, 1.82) is 0 Å². The molecule has 0 saturated heterocycles. The first-order valence-electron chi connectivity index (χ1n) is 6.67. The van der Waals surface area contributed by atoms with Crippen molar-refractivity contribution in [3.05, 3.63) is 39.8 Å². The van der Waals surface area contributed by atoms with Gasteiger partial charge in [0.05, 0.1) is 6.20 Å². The Morgan fingerprint density at radius 3 is 2.95 bits per heavy atom. The number of aromatic nitrogens is 1. The van der Waals surface area contributed by atoms with Crippen LogP contribution < -0.4 is 5.32 Å². The molecule has 0 aliphatic carbocycles. The Morgan fingerprint density at radius 2 is 2.20 bits per heavy atom. The van der Waals surface area contributed by atoms with Gasteiger partial charge < -0.3 is 9.73 Å². The van der Waals surface area contributed by atoms with Crippen LogP contribution in [0.4, 0.5) is 0 Å². The van der Waals surface area contributed by atoms with Gasteiger partial charge in [-0.1, -0.05) is 41.4 Å². The first-order chi connectivity index (χ1) is 9.56. The molecule has 0 aliphatic rings. The van der Waals surface area contributed by atoms with Gasteiger partial charge in [0.15, 0.2) is 11.7 Å². The first-order valence-corrected chi connectivity index (χ1v) is 7.84. The largest absolute Gasteiger partial charge is 0.441 e.